The highest BCUT2D eigenvalue weighted by Crippen LogP contribution is 2.26. The molecule has 1 heterocycles. The molecule has 0 bridgehead atoms. The highest BCUT2D eigenvalue weighted by atomic mass is 19.1. The van der Waals surface area contributed by atoms with E-state index >= 15 is 0 Å². The molecule has 0 aliphatic carbocycles. The maximum Gasteiger partial charge on any atom is 0.347 e. The Balaban J connectivity index is 1.85. The molecule has 25 heavy (non-hydrogen) atoms. The van der Waals surface area contributed by atoms with Gasteiger partial charge in [-0.15, -0.1) is 0 Å². The Kier molecular flexibility index (Phi) is 4.34. The number of fused-ring (bicyclic) bond motifs is 1. The zero-order chi connectivity index (χ0) is 18.0. The molecule has 3 rings (SSSR count). The van der Waals surface area contributed by atoms with Gasteiger partial charge in [-0.3, -0.25) is 9.69 Å². The number of carboxylic acids is 1. The summed E-state index contributed by atoms with van der Waals surface area (Å²) in [4.78, 5) is 37.0. The Morgan fingerprint density at radius 3 is 2.52 bits per heavy atom. The third-order valence-electron chi connectivity index (χ3n) is 3.74. The number of carboxylic acid groups (broad SMARTS) is 1. The number of hydrogen-bond acceptors (Lipinski definition) is 3. The second kappa shape index (κ2) is 6.60. The molecule has 0 fully saturated rings. The molecular formula is C17H14FN3O4. The Hall–Kier alpha value is -3.42. The summed E-state index contributed by atoms with van der Waals surface area (Å²) in [6.45, 7) is 0.0814. The first-order valence-electron chi connectivity index (χ1n) is 7.41. The minimum absolute atomic E-state index is 0.0814. The van der Waals surface area contributed by atoms with Crippen LogP contribution in [0.3, 0.4) is 0 Å². The van der Waals surface area contributed by atoms with Gasteiger partial charge in [0, 0.05) is 6.54 Å². The molecule has 1 aliphatic rings. The number of nitrogens with one attached hydrogen (secondary N) is 2. The number of aliphatic carboxylic acids is 1. The molecule has 2 aromatic rings. The highest BCUT2D eigenvalue weighted by Gasteiger charge is 2.38. The van der Waals surface area contributed by atoms with Gasteiger partial charge in [0.2, 0.25) is 6.17 Å². The first-order chi connectivity index (χ1) is 12.0. The van der Waals surface area contributed by atoms with Crippen molar-refractivity contribution in [2.24, 2.45) is 0 Å². The summed E-state index contributed by atoms with van der Waals surface area (Å²) in [7, 11) is 0. The van der Waals surface area contributed by atoms with Crippen molar-refractivity contribution in [2.45, 2.75) is 12.7 Å². The van der Waals surface area contributed by atoms with Crippen LogP contribution < -0.4 is 15.5 Å². The first-order valence-corrected chi connectivity index (χ1v) is 7.41. The maximum atomic E-state index is 12.9. The molecular weight excluding hydrogens is 329 g/mol. The number of halogens is 1. The fourth-order valence-corrected chi connectivity index (χ4v) is 2.55. The fraction of sp³-hybridized carbons (Fsp3) is 0.118. The van der Waals surface area contributed by atoms with Gasteiger partial charge in [0.25, 0.3) is 5.91 Å². The lowest BCUT2D eigenvalue weighted by Crippen LogP contribution is -2.61. The second-order valence-electron chi connectivity index (χ2n) is 5.39. The smallest absolute Gasteiger partial charge is 0.347 e. The molecule has 0 saturated heterocycles. The molecule has 3 N–H and O–H groups in total. The normalized spacial score (nSPS) is 16.0. The lowest BCUT2D eigenvalue weighted by molar-refractivity contribution is -0.139. The number of anilines is 1. The van der Waals surface area contributed by atoms with Gasteiger partial charge < -0.3 is 15.7 Å². The van der Waals surface area contributed by atoms with E-state index in [0.29, 0.717) is 5.56 Å². The molecule has 8 heteroatoms. The van der Waals surface area contributed by atoms with Crippen molar-refractivity contribution in [3.63, 3.8) is 0 Å². The van der Waals surface area contributed by atoms with Crippen molar-refractivity contribution in [1.29, 1.82) is 0 Å². The van der Waals surface area contributed by atoms with E-state index in [-0.39, 0.29) is 17.8 Å². The van der Waals surface area contributed by atoms with Crippen LogP contribution in [-0.4, -0.2) is 29.2 Å². The van der Waals surface area contributed by atoms with Crippen LogP contribution >= 0.6 is 0 Å². The van der Waals surface area contributed by atoms with Crippen LogP contribution in [0.15, 0.2) is 48.5 Å². The van der Waals surface area contributed by atoms with E-state index in [1.165, 1.54) is 36.4 Å². The number of benzene rings is 2. The van der Waals surface area contributed by atoms with Gasteiger partial charge in [-0.05, 0) is 29.8 Å². The first kappa shape index (κ1) is 16.4. The van der Waals surface area contributed by atoms with Gasteiger partial charge in [-0.1, -0.05) is 24.3 Å². The van der Waals surface area contributed by atoms with Crippen molar-refractivity contribution < 1.29 is 23.9 Å². The second-order valence-corrected chi connectivity index (χ2v) is 5.39. The number of carbonyl (C=O) groups is 3. The number of amides is 3. The molecule has 1 unspecified atom stereocenters. The minimum Gasteiger partial charge on any atom is -0.478 e. The lowest BCUT2D eigenvalue weighted by Gasteiger charge is -2.34. The van der Waals surface area contributed by atoms with Crippen molar-refractivity contribution in [1.82, 2.24) is 10.6 Å². The van der Waals surface area contributed by atoms with Crippen LogP contribution in [0.1, 0.15) is 15.9 Å². The Morgan fingerprint density at radius 1 is 1.16 bits per heavy atom. The van der Waals surface area contributed by atoms with Gasteiger partial charge in [-0.2, -0.15) is 0 Å². The number of rotatable bonds is 3. The number of hydrogen-bond donors (Lipinski definition) is 3. The maximum absolute atomic E-state index is 12.9. The summed E-state index contributed by atoms with van der Waals surface area (Å²) in [6.07, 6.45) is -1.52. The molecule has 3 amide bonds. The lowest BCUT2D eigenvalue weighted by atomic mass is 10.1. The molecule has 7 nitrogen and oxygen atoms in total. The monoisotopic (exact) mass is 343 g/mol. The standard InChI is InChI=1S/C17H14FN3O4/c18-11-7-5-10(6-8-11)9-19-17(25)21-13-4-2-1-3-12(13)15(22)20-14(21)16(23)24/h1-8,14H,9H2,(H,19,25)(H,20,22)(H,23,24). The third kappa shape index (κ3) is 3.27. The molecule has 1 atom stereocenters. The minimum atomic E-state index is -1.52. The van der Waals surface area contributed by atoms with Crippen LogP contribution in [-0.2, 0) is 11.3 Å². The van der Waals surface area contributed by atoms with E-state index < -0.39 is 29.9 Å². The van der Waals surface area contributed by atoms with E-state index in [1.807, 2.05) is 0 Å². The largest absolute Gasteiger partial charge is 0.478 e. The molecule has 0 spiro atoms. The Bertz CT molecular complexity index is 838. The van der Waals surface area contributed by atoms with Gasteiger partial charge >= 0.3 is 12.0 Å². The van der Waals surface area contributed by atoms with E-state index in [9.17, 15) is 23.9 Å². The highest BCUT2D eigenvalue weighted by molar-refractivity contribution is 6.11. The summed E-state index contributed by atoms with van der Waals surface area (Å²) in [5.74, 6) is -2.32. The quantitative estimate of drug-likeness (QED) is 0.790. The SMILES string of the molecule is O=C1NC(C(=O)O)N(C(=O)NCc2ccc(F)cc2)c2ccccc21. The van der Waals surface area contributed by atoms with E-state index in [0.717, 1.165) is 4.90 Å². The number of para-hydroxylation sites is 1. The van der Waals surface area contributed by atoms with Gasteiger partial charge in [-0.25, -0.2) is 14.0 Å². The van der Waals surface area contributed by atoms with Crippen LogP contribution in [0.2, 0.25) is 0 Å². The van der Waals surface area contributed by atoms with Crippen LogP contribution in [0, 0.1) is 5.82 Å². The van der Waals surface area contributed by atoms with E-state index in [2.05, 4.69) is 10.6 Å². The summed E-state index contributed by atoms with van der Waals surface area (Å²) in [5.41, 5.74) is 1.06. The molecule has 0 aromatic heterocycles. The Labute approximate surface area is 142 Å². The molecule has 1 aliphatic heterocycles. The van der Waals surface area contributed by atoms with Crippen molar-refractivity contribution in [3.8, 4) is 0 Å². The molecule has 2 aromatic carbocycles. The van der Waals surface area contributed by atoms with Gasteiger partial charge in [0.05, 0.1) is 11.3 Å². The summed E-state index contributed by atoms with van der Waals surface area (Å²) < 4.78 is 12.9. The van der Waals surface area contributed by atoms with E-state index in [1.54, 1.807) is 12.1 Å². The molecule has 0 radical (unpaired) electrons. The summed E-state index contributed by atoms with van der Waals surface area (Å²) in [6, 6.07) is 11.1. The summed E-state index contributed by atoms with van der Waals surface area (Å²) in [5, 5.41) is 14.2. The zero-order valence-corrected chi connectivity index (χ0v) is 12.9. The molecule has 0 saturated carbocycles. The van der Waals surface area contributed by atoms with Crippen LogP contribution in [0.5, 0.6) is 0 Å². The van der Waals surface area contributed by atoms with Gasteiger partial charge in [0.1, 0.15) is 5.82 Å². The summed E-state index contributed by atoms with van der Waals surface area (Å²) >= 11 is 0. The fourth-order valence-electron chi connectivity index (χ4n) is 2.55. The number of nitrogens with zero attached hydrogens (tertiary/aromatic N) is 1. The van der Waals surface area contributed by atoms with Crippen molar-refractivity contribution >= 4 is 23.6 Å². The topological polar surface area (TPSA) is 98.7 Å². The zero-order valence-electron chi connectivity index (χ0n) is 12.9. The van der Waals surface area contributed by atoms with Crippen molar-refractivity contribution in [2.75, 3.05) is 4.90 Å². The van der Waals surface area contributed by atoms with E-state index in [4.69, 9.17) is 0 Å². The predicted molar refractivity (Wildman–Crippen MR) is 86.4 cm³/mol. The molecule has 128 valence electrons. The van der Waals surface area contributed by atoms with Crippen LogP contribution in [0.4, 0.5) is 14.9 Å². The Morgan fingerprint density at radius 2 is 1.84 bits per heavy atom. The van der Waals surface area contributed by atoms with Crippen LogP contribution in [0.25, 0.3) is 0 Å². The van der Waals surface area contributed by atoms with Gasteiger partial charge in [0.15, 0.2) is 0 Å². The third-order valence-corrected chi connectivity index (χ3v) is 3.74. The number of carbonyl (C=O) groups excluding carboxylic acids is 2. The number of urea groups is 1. The average molecular weight is 343 g/mol. The average Bonchev–Trinajstić information content (AvgIpc) is 2.61. The van der Waals surface area contributed by atoms with Crippen molar-refractivity contribution in [3.05, 3.63) is 65.5 Å². The predicted octanol–water partition coefficient (Wildman–Crippen LogP) is 1.70.